The summed E-state index contributed by atoms with van der Waals surface area (Å²) in [5.41, 5.74) is 8.46. The van der Waals surface area contributed by atoms with Gasteiger partial charge in [-0.2, -0.15) is 0 Å². The number of nitrogens with zero attached hydrogens (tertiary/aromatic N) is 2. The second-order valence-corrected chi connectivity index (χ2v) is 19.6. The molecule has 0 spiro atoms. The zero-order valence-corrected chi connectivity index (χ0v) is 26.8. The molecular formula is C36H38N2SSi. The zero-order valence-electron chi connectivity index (χ0n) is 24.9. The smallest absolute Gasteiger partial charge is 0.0880 e. The molecule has 3 heterocycles. The molecule has 202 valence electrons. The molecule has 0 fully saturated rings. The summed E-state index contributed by atoms with van der Waals surface area (Å²) in [5, 5.41) is 6.73. The fourth-order valence-electron chi connectivity index (χ4n) is 6.00. The number of hydrogen-bond acceptors (Lipinski definition) is 3. The molecule has 0 bridgehead atoms. The fourth-order valence-corrected chi connectivity index (χ4v) is 8.85. The van der Waals surface area contributed by atoms with Crippen molar-refractivity contribution < 1.29 is 0 Å². The van der Waals surface area contributed by atoms with Crippen LogP contribution >= 0.6 is 11.3 Å². The summed E-state index contributed by atoms with van der Waals surface area (Å²) < 4.78 is 2.68. The number of fused-ring (bicyclic) bond motifs is 4. The van der Waals surface area contributed by atoms with Crippen LogP contribution in [0.5, 0.6) is 0 Å². The van der Waals surface area contributed by atoms with E-state index in [2.05, 4.69) is 132 Å². The normalized spacial score (nSPS) is 12.6. The third-order valence-corrected chi connectivity index (χ3v) is 10.8. The van der Waals surface area contributed by atoms with Crippen molar-refractivity contribution >= 4 is 55.5 Å². The third kappa shape index (κ3) is 4.99. The van der Waals surface area contributed by atoms with Crippen LogP contribution in [0.1, 0.15) is 37.7 Å². The maximum atomic E-state index is 5.23. The summed E-state index contributed by atoms with van der Waals surface area (Å²) in [6, 6.07) is 24.9. The Labute approximate surface area is 243 Å². The van der Waals surface area contributed by atoms with Crippen LogP contribution < -0.4 is 5.19 Å². The van der Waals surface area contributed by atoms with Gasteiger partial charge in [0.25, 0.3) is 0 Å². The average molecular weight is 559 g/mol. The summed E-state index contributed by atoms with van der Waals surface area (Å²) >= 11 is 1.92. The van der Waals surface area contributed by atoms with Crippen LogP contribution in [0.25, 0.3) is 53.3 Å². The van der Waals surface area contributed by atoms with Gasteiger partial charge in [-0.15, -0.1) is 11.3 Å². The van der Waals surface area contributed by atoms with Crippen molar-refractivity contribution in [1.82, 2.24) is 9.97 Å². The second kappa shape index (κ2) is 9.64. The minimum absolute atomic E-state index is 0.256. The van der Waals surface area contributed by atoms with E-state index in [9.17, 15) is 0 Å². The van der Waals surface area contributed by atoms with Gasteiger partial charge in [-0.1, -0.05) is 76.8 Å². The van der Waals surface area contributed by atoms with E-state index in [1.165, 1.54) is 58.4 Å². The highest BCUT2D eigenvalue weighted by atomic mass is 32.1. The molecule has 6 aromatic rings. The molecule has 0 saturated heterocycles. The Morgan fingerprint density at radius 1 is 0.800 bits per heavy atom. The SMILES string of the molecule is Cc1cc(-c2cc(-c3ncc([Si](C)(C)C)c4c3sc3cc(CC(C)(C)C)ccc34)cc3ccccc23)cc(C)n1. The van der Waals surface area contributed by atoms with Crippen LogP contribution in [0.2, 0.25) is 19.6 Å². The highest BCUT2D eigenvalue weighted by Crippen LogP contribution is 2.42. The molecule has 4 heteroatoms. The Morgan fingerprint density at radius 2 is 1.52 bits per heavy atom. The highest BCUT2D eigenvalue weighted by Gasteiger charge is 2.25. The van der Waals surface area contributed by atoms with Crippen LogP contribution in [0.4, 0.5) is 0 Å². The van der Waals surface area contributed by atoms with Crippen LogP contribution in [0.3, 0.4) is 0 Å². The van der Waals surface area contributed by atoms with Crippen molar-refractivity contribution in [1.29, 1.82) is 0 Å². The Hall–Kier alpha value is -3.34. The molecule has 3 aromatic heterocycles. The van der Waals surface area contributed by atoms with E-state index in [0.29, 0.717) is 0 Å². The van der Waals surface area contributed by atoms with Gasteiger partial charge in [0.1, 0.15) is 0 Å². The van der Waals surface area contributed by atoms with Gasteiger partial charge in [-0.3, -0.25) is 9.97 Å². The number of aromatic nitrogens is 2. The van der Waals surface area contributed by atoms with Crippen molar-refractivity contribution in [3.8, 4) is 22.4 Å². The fraction of sp³-hybridized carbons (Fsp3) is 0.278. The first-order valence-electron chi connectivity index (χ1n) is 14.2. The van der Waals surface area contributed by atoms with Crippen molar-refractivity contribution in [3.63, 3.8) is 0 Å². The van der Waals surface area contributed by atoms with Crippen LogP contribution in [-0.4, -0.2) is 18.0 Å². The predicted octanol–water partition coefficient (Wildman–Crippen LogP) is 10.1. The van der Waals surface area contributed by atoms with E-state index in [1.807, 2.05) is 11.3 Å². The van der Waals surface area contributed by atoms with Crippen molar-refractivity contribution in [2.75, 3.05) is 0 Å². The maximum Gasteiger partial charge on any atom is 0.0880 e. The quantitative estimate of drug-likeness (QED) is 0.201. The standard InChI is InChI=1S/C36H38N2SSi/c1-22-15-26(16-23(2)38-22)30-19-27(18-25-11-9-10-12-28(25)30)34-35-33(32(21-37-34)40(6,7)8)29-14-13-24(17-31(29)39-35)20-36(3,4)5/h9-19,21H,20H2,1-8H3. The summed E-state index contributed by atoms with van der Waals surface area (Å²) in [7, 11) is -1.64. The number of aryl methyl sites for hydroxylation is 2. The molecule has 2 nitrogen and oxygen atoms in total. The van der Waals surface area contributed by atoms with Crippen LogP contribution in [0.15, 0.2) is 72.9 Å². The molecule has 40 heavy (non-hydrogen) atoms. The van der Waals surface area contributed by atoms with Gasteiger partial charge in [0, 0.05) is 38.6 Å². The number of pyridine rings is 2. The second-order valence-electron chi connectivity index (χ2n) is 13.5. The number of rotatable bonds is 4. The van der Waals surface area contributed by atoms with Crippen LogP contribution in [0, 0.1) is 19.3 Å². The highest BCUT2D eigenvalue weighted by molar-refractivity contribution is 7.26. The first-order chi connectivity index (χ1) is 18.9. The lowest BCUT2D eigenvalue weighted by molar-refractivity contribution is 0.411. The van der Waals surface area contributed by atoms with Crippen molar-refractivity contribution in [2.24, 2.45) is 5.41 Å². The van der Waals surface area contributed by atoms with Gasteiger partial charge in [-0.25, -0.2) is 0 Å². The summed E-state index contributed by atoms with van der Waals surface area (Å²) in [6.45, 7) is 18.4. The molecule has 0 unspecified atom stereocenters. The largest absolute Gasteiger partial charge is 0.258 e. The van der Waals surface area contributed by atoms with Gasteiger partial charge in [0.15, 0.2) is 0 Å². The van der Waals surface area contributed by atoms with Crippen LogP contribution in [-0.2, 0) is 6.42 Å². The van der Waals surface area contributed by atoms with E-state index in [1.54, 1.807) is 0 Å². The zero-order chi connectivity index (χ0) is 28.4. The Kier molecular flexibility index (Phi) is 6.47. The molecule has 0 amide bonds. The Bertz CT molecular complexity index is 1900. The lowest BCUT2D eigenvalue weighted by atomic mass is 9.88. The lowest BCUT2D eigenvalue weighted by Gasteiger charge is -2.20. The lowest BCUT2D eigenvalue weighted by Crippen LogP contribution is -2.38. The monoisotopic (exact) mass is 558 g/mol. The molecule has 6 rings (SSSR count). The molecule has 0 aliphatic rings. The maximum absolute atomic E-state index is 5.23. The first kappa shape index (κ1) is 26.9. The summed E-state index contributed by atoms with van der Waals surface area (Å²) in [4.78, 5) is 9.87. The molecule has 0 atom stereocenters. The number of hydrogen-bond donors (Lipinski definition) is 0. The van der Waals surface area contributed by atoms with Gasteiger partial charge in [0.2, 0.25) is 0 Å². The topological polar surface area (TPSA) is 25.8 Å². The summed E-state index contributed by atoms with van der Waals surface area (Å²) in [5.74, 6) is 0. The Morgan fingerprint density at radius 3 is 2.23 bits per heavy atom. The number of benzene rings is 3. The average Bonchev–Trinajstić information content (AvgIpc) is 3.24. The predicted molar refractivity (Wildman–Crippen MR) is 179 cm³/mol. The molecular weight excluding hydrogens is 521 g/mol. The minimum Gasteiger partial charge on any atom is -0.258 e. The molecule has 0 aliphatic heterocycles. The van der Waals surface area contributed by atoms with E-state index in [4.69, 9.17) is 4.98 Å². The molecule has 0 saturated carbocycles. The number of thiophene rings is 1. The third-order valence-electron chi connectivity index (χ3n) is 7.63. The van der Waals surface area contributed by atoms with Gasteiger partial charge >= 0.3 is 0 Å². The Balaban J connectivity index is 1.65. The molecule has 3 aromatic carbocycles. The van der Waals surface area contributed by atoms with Gasteiger partial charge in [0.05, 0.1) is 18.5 Å². The van der Waals surface area contributed by atoms with E-state index >= 15 is 0 Å². The molecule has 0 aliphatic carbocycles. The van der Waals surface area contributed by atoms with E-state index in [-0.39, 0.29) is 5.41 Å². The van der Waals surface area contributed by atoms with E-state index in [0.717, 1.165) is 23.5 Å². The summed E-state index contributed by atoms with van der Waals surface area (Å²) in [6.07, 6.45) is 3.26. The minimum atomic E-state index is -1.64. The van der Waals surface area contributed by atoms with Crippen molar-refractivity contribution in [3.05, 3.63) is 89.9 Å². The van der Waals surface area contributed by atoms with Gasteiger partial charge < -0.3 is 0 Å². The molecule has 0 radical (unpaired) electrons. The molecule has 0 N–H and O–H groups in total. The van der Waals surface area contributed by atoms with Crippen molar-refractivity contribution in [2.45, 2.75) is 60.7 Å². The van der Waals surface area contributed by atoms with E-state index < -0.39 is 8.07 Å². The van der Waals surface area contributed by atoms with Gasteiger partial charge in [-0.05, 0) is 88.7 Å². The first-order valence-corrected chi connectivity index (χ1v) is 18.5.